The molecule has 0 aromatic heterocycles. The van der Waals surface area contributed by atoms with E-state index in [0.29, 0.717) is 25.9 Å². The number of likely N-dealkylation sites (tertiary alicyclic amines) is 1. The first-order chi connectivity index (χ1) is 20.4. The number of nitrogens with one attached hydrogen (secondary N) is 2. The SMILES string of the molecule is CCC.CCC.CCCCN(CC(=O)N1CCCC1C(=O)NC(C)(C)C)C(=O)CN(C)C(=O)C(NC(=O)CN(C)C)C(C)C. The summed E-state index contributed by atoms with van der Waals surface area (Å²) in [4.78, 5) is 70.8. The zero-order valence-electron chi connectivity index (χ0n) is 30.3. The van der Waals surface area contributed by atoms with Gasteiger partial charge in [-0.2, -0.15) is 0 Å². The minimum atomic E-state index is -0.766. The molecule has 1 fully saturated rings. The van der Waals surface area contributed by atoms with Crippen molar-refractivity contribution in [3.05, 3.63) is 0 Å². The summed E-state index contributed by atoms with van der Waals surface area (Å²) in [6.07, 6.45) is 5.36. The zero-order valence-corrected chi connectivity index (χ0v) is 30.3. The van der Waals surface area contributed by atoms with Crippen molar-refractivity contribution in [1.82, 2.24) is 30.2 Å². The number of carbonyl (C=O) groups is 5. The highest BCUT2D eigenvalue weighted by Gasteiger charge is 2.36. The molecular weight excluding hydrogens is 560 g/mol. The lowest BCUT2D eigenvalue weighted by molar-refractivity contribution is -0.146. The van der Waals surface area contributed by atoms with E-state index >= 15 is 0 Å². The smallest absolute Gasteiger partial charge is 0.245 e. The van der Waals surface area contributed by atoms with E-state index in [2.05, 4.69) is 38.3 Å². The van der Waals surface area contributed by atoms with Crippen molar-refractivity contribution in [2.45, 2.75) is 125 Å². The first kappa shape index (κ1) is 43.4. The van der Waals surface area contributed by atoms with Crippen LogP contribution in [0.15, 0.2) is 0 Å². The van der Waals surface area contributed by atoms with Crippen LogP contribution >= 0.6 is 0 Å². The van der Waals surface area contributed by atoms with Crippen molar-refractivity contribution in [3.63, 3.8) is 0 Å². The lowest BCUT2D eigenvalue weighted by Gasteiger charge is -2.32. The average molecular weight is 627 g/mol. The number of unbranched alkanes of at least 4 members (excludes halogenated alkanes) is 1. The van der Waals surface area contributed by atoms with E-state index < -0.39 is 17.6 Å². The summed E-state index contributed by atoms with van der Waals surface area (Å²) >= 11 is 0. The van der Waals surface area contributed by atoms with Crippen LogP contribution in [0.1, 0.15) is 108 Å². The third-order valence-electron chi connectivity index (χ3n) is 6.29. The number of rotatable bonds is 13. The Morgan fingerprint density at radius 2 is 1.43 bits per heavy atom. The standard InChI is InChI=1S/C27H50N6O5.2C3H8/c1-10-11-14-32(18-23(36)33-15-12-13-20(33)25(37)29-27(4,5)6)22(35)17-31(9)26(38)24(19(2)3)28-21(34)16-30(7)8;2*1-3-2/h19-20,24H,10-18H2,1-9H3,(H,28,34)(H,29,37);2*3H2,1-2H3. The lowest BCUT2D eigenvalue weighted by atomic mass is 10.0. The van der Waals surface area contributed by atoms with E-state index in [1.165, 1.54) is 29.7 Å². The predicted octanol–water partition coefficient (Wildman–Crippen LogP) is 3.51. The molecule has 11 heteroatoms. The number of likely N-dealkylation sites (N-methyl/N-ethyl adjacent to an activating group) is 2. The second-order valence-corrected chi connectivity index (χ2v) is 13.3. The van der Waals surface area contributed by atoms with Crippen LogP contribution in [0.4, 0.5) is 0 Å². The van der Waals surface area contributed by atoms with Crippen molar-refractivity contribution in [2.24, 2.45) is 5.92 Å². The van der Waals surface area contributed by atoms with Gasteiger partial charge in [0.1, 0.15) is 12.1 Å². The van der Waals surface area contributed by atoms with Gasteiger partial charge in [0.25, 0.3) is 0 Å². The summed E-state index contributed by atoms with van der Waals surface area (Å²) in [6.45, 7) is 20.5. The van der Waals surface area contributed by atoms with Crippen molar-refractivity contribution in [3.8, 4) is 0 Å². The van der Waals surface area contributed by atoms with Gasteiger partial charge in [0, 0.05) is 25.7 Å². The number of hydrogen-bond donors (Lipinski definition) is 2. The molecule has 5 amide bonds. The van der Waals surface area contributed by atoms with Crippen LogP contribution in [0, 0.1) is 5.92 Å². The van der Waals surface area contributed by atoms with Crippen molar-refractivity contribution in [2.75, 3.05) is 53.9 Å². The molecule has 1 saturated heterocycles. The van der Waals surface area contributed by atoms with Gasteiger partial charge in [-0.15, -0.1) is 0 Å². The topological polar surface area (TPSA) is 122 Å². The Bertz CT molecular complexity index is 869. The van der Waals surface area contributed by atoms with E-state index in [0.717, 1.165) is 12.8 Å². The molecule has 44 heavy (non-hydrogen) atoms. The van der Waals surface area contributed by atoms with Crippen LogP contribution in [0.2, 0.25) is 0 Å². The van der Waals surface area contributed by atoms with Crippen LogP contribution in [0.25, 0.3) is 0 Å². The molecule has 1 aliphatic heterocycles. The fourth-order valence-corrected chi connectivity index (χ4v) is 4.32. The van der Waals surface area contributed by atoms with Gasteiger partial charge in [-0.1, -0.05) is 67.7 Å². The molecule has 1 aliphatic rings. The zero-order chi connectivity index (χ0) is 34.6. The number of carbonyl (C=O) groups excluding carboxylic acids is 5. The Morgan fingerprint density at radius 3 is 1.89 bits per heavy atom. The van der Waals surface area contributed by atoms with Crippen LogP contribution in [0.5, 0.6) is 0 Å². The highest BCUT2D eigenvalue weighted by molar-refractivity contribution is 5.93. The summed E-state index contributed by atoms with van der Waals surface area (Å²) in [5.74, 6) is -1.61. The molecule has 0 aromatic rings. The average Bonchev–Trinajstić information content (AvgIpc) is 3.39. The van der Waals surface area contributed by atoms with E-state index in [-0.39, 0.29) is 55.1 Å². The van der Waals surface area contributed by atoms with Gasteiger partial charge < -0.3 is 30.2 Å². The summed E-state index contributed by atoms with van der Waals surface area (Å²) in [7, 11) is 5.06. The molecule has 1 rings (SSSR count). The molecule has 0 aromatic carbocycles. The van der Waals surface area contributed by atoms with Crippen LogP contribution in [0.3, 0.4) is 0 Å². The molecule has 1 heterocycles. The van der Waals surface area contributed by atoms with Gasteiger partial charge >= 0.3 is 0 Å². The van der Waals surface area contributed by atoms with Gasteiger partial charge in [0.05, 0.1) is 19.6 Å². The molecule has 0 bridgehead atoms. The molecule has 0 spiro atoms. The van der Waals surface area contributed by atoms with Gasteiger partial charge in [-0.05, 0) is 60.0 Å². The highest BCUT2D eigenvalue weighted by atomic mass is 16.2. The fourth-order valence-electron chi connectivity index (χ4n) is 4.32. The minimum absolute atomic E-state index is 0.145. The summed E-state index contributed by atoms with van der Waals surface area (Å²) in [5, 5.41) is 5.72. The summed E-state index contributed by atoms with van der Waals surface area (Å²) in [5.41, 5.74) is -0.408. The van der Waals surface area contributed by atoms with Crippen LogP contribution in [-0.2, 0) is 24.0 Å². The third-order valence-corrected chi connectivity index (χ3v) is 6.29. The van der Waals surface area contributed by atoms with Crippen molar-refractivity contribution < 1.29 is 24.0 Å². The Morgan fingerprint density at radius 1 is 0.886 bits per heavy atom. The molecule has 0 saturated carbocycles. The van der Waals surface area contributed by atoms with Gasteiger partial charge in [0.15, 0.2) is 0 Å². The number of nitrogens with zero attached hydrogens (tertiary/aromatic N) is 4. The van der Waals surface area contributed by atoms with E-state index in [1.54, 1.807) is 23.9 Å². The molecule has 2 unspecified atom stereocenters. The maximum Gasteiger partial charge on any atom is 0.245 e. The Hall–Kier alpha value is -2.69. The van der Waals surface area contributed by atoms with E-state index in [1.807, 2.05) is 41.5 Å². The maximum atomic E-state index is 13.3. The molecule has 2 atom stereocenters. The molecular formula is C33H66N6O5. The van der Waals surface area contributed by atoms with Crippen molar-refractivity contribution >= 4 is 29.5 Å². The fraction of sp³-hybridized carbons (Fsp3) is 0.848. The third kappa shape index (κ3) is 18.2. The number of hydrogen-bond acceptors (Lipinski definition) is 6. The first-order valence-electron chi connectivity index (χ1n) is 16.5. The van der Waals surface area contributed by atoms with Gasteiger partial charge in [0.2, 0.25) is 29.5 Å². The summed E-state index contributed by atoms with van der Waals surface area (Å²) in [6, 6.07) is -1.32. The lowest BCUT2D eigenvalue weighted by Crippen LogP contribution is -2.55. The molecule has 11 nitrogen and oxygen atoms in total. The monoisotopic (exact) mass is 627 g/mol. The van der Waals surface area contributed by atoms with Gasteiger partial charge in [-0.25, -0.2) is 0 Å². The van der Waals surface area contributed by atoms with E-state index in [9.17, 15) is 24.0 Å². The molecule has 0 radical (unpaired) electrons. The normalized spacial score (nSPS) is 15.0. The summed E-state index contributed by atoms with van der Waals surface area (Å²) < 4.78 is 0. The van der Waals surface area contributed by atoms with Crippen LogP contribution in [-0.4, -0.2) is 121 Å². The molecule has 258 valence electrons. The Balaban J connectivity index is 0. The Labute approximate surface area is 268 Å². The second kappa shape index (κ2) is 22.8. The highest BCUT2D eigenvalue weighted by Crippen LogP contribution is 2.19. The quantitative estimate of drug-likeness (QED) is 0.323. The van der Waals surface area contributed by atoms with E-state index in [4.69, 9.17) is 0 Å². The Kier molecular flexibility index (Phi) is 22.5. The van der Waals surface area contributed by atoms with Crippen LogP contribution < -0.4 is 10.6 Å². The van der Waals surface area contributed by atoms with Gasteiger partial charge in [-0.3, -0.25) is 24.0 Å². The predicted molar refractivity (Wildman–Crippen MR) is 179 cm³/mol. The second-order valence-electron chi connectivity index (χ2n) is 13.3. The first-order valence-corrected chi connectivity index (χ1v) is 16.5. The van der Waals surface area contributed by atoms with Crippen molar-refractivity contribution in [1.29, 1.82) is 0 Å². The maximum absolute atomic E-state index is 13.3. The number of amides is 5. The molecule has 2 N–H and O–H groups in total. The largest absolute Gasteiger partial charge is 0.350 e. The minimum Gasteiger partial charge on any atom is -0.350 e. The molecule has 0 aliphatic carbocycles.